The molecule has 94 valence electrons. The van der Waals surface area contributed by atoms with Crippen molar-refractivity contribution in [1.82, 2.24) is 9.78 Å². The number of benzene rings is 1. The molecule has 1 aromatic heterocycles. The van der Waals surface area contributed by atoms with Crippen LogP contribution in [-0.2, 0) is 26.3 Å². The topological polar surface area (TPSA) is 38.0 Å². The molecule has 3 heteroatoms. The lowest BCUT2D eigenvalue weighted by atomic mass is 9.78. The lowest BCUT2D eigenvalue weighted by Gasteiger charge is -2.33. The van der Waals surface area contributed by atoms with Crippen molar-refractivity contribution in [3.8, 4) is 0 Å². The number of hydrogen-bond acceptors (Lipinski definition) is 2. The first-order valence-corrected chi connectivity index (χ1v) is 6.42. The van der Waals surface area contributed by atoms with Gasteiger partial charge in [0.2, 0.25) is 0 Å². The van der Waals surface area contributed by atoms with Crippen LogP contribution in [0.3, 0.4) is 0 Å². The Bertz CT molecular complexity index is 561. The molecule has 0 amide bonds. The second-order valence-corrected chi connectivity index (χ2v) is 5.33. The van der Waals surface area contributed by atoms with Gasteiger partial charge in [-0.2, -0.15) is 5.10 Å². The van der Waals surface area contributed by atoms with Crippen LogP contribution in [0.15, 0.2) is 36.5 Å². The standard InChI is InChI=1S/C15H18N2O/c1-17-9-7-14(16-17)11-15(18)8-6-12-4-2-3-5-13(12)10-15/h2-5,7,9,18H,6,8,10-11H2,1H3. The van der Waals surface area contributed by atoms with Crippen molar-refractivity contribution in [3.05, 3.63) is 53.3 Å². The predicted molar refractivity (Wildman–Crippen MR) is 70.3 cm³/mol. The normalized spacial score (nSPS) is 22.8. The third kappa shape index (κ3) is 2.18. The fourth-order valence-electron chi connectivity index (χ4n) is 2.83. The van der Waals surface area contributed by atoms with Crippen molar-refractivity contribution in [1.29, 1.82) is 0 Å². The smallest absolute Gasteiger partial charge is 0.0747 e. The van der Waals surface area contributed by atoms with Gasteiger partial charge in [0.1, 0.15) is 0 Å². The zero-order chi connectivity index (χ0) is 12.6. The molecule has 0 radical (unpaired) electrons. The average Bonchev–Trinajstić information content (AvgIpc) is 2.74. The van der Waals surface area contributed by atoms with Gasteiger partial charge in [-0.05, 0) is 30.0 Å². The van der Waals surface area contributed by atoms with Gasteiger partial charge in [0, 0.05) is 26.1 Å². The van der Waals surface area contributed by atoms with Gasteiger partial charge in [0.25, 0.3) is 0 Å². The minimum absolute atomic E-state index is 0.636. The van der Waals surface area contributed by atoms with Crippen LogP contribution in [-0.4, -0.2) is 20.5 Å². The quantitative estimate of drug-likeness (QED) is 0.873. The summed E-state index contributed by atoms with van der Waals surface area (Å²) in [5.74, 6) is 0. The van der Waals surface area contributed by atoms with Crippen LogP contribution in [0.5, 0.6) is 0 Å². The molecular weight excluding hydrogens is 224 g/mol. The third-order valence-electron chi connectivity index (χ3n) is 3.78. The molecule has 0 saturated heterocycles. The van der Waals surface area contributed by atoms with Crippen LogP contribution in [0.1, 0.15) is 23.2 Å². The van der Waals surface area contributed by atoms with Gasteiger partial charge in [-0.15, -0.1) is 0 Å². The third-order valence-corrected chi connectivity index (χ3v) is 3.78. The number of aliphatic hydroxyl groups is 1. The van der Waals surface area contributed by atoms with Crippen LogP contribution in [0, 0.1) is 0 Å². The molecule has 1 atom stereocenters. The number of nitrogens with zero attached hydrogens (tertiary/aromatic N) is 2. The van der Waals surface area contributed by atoms with Gasteiger partial charge in [0.05, 0.1) is 11.3 Å². The second-order valence-electron chi connectivity index (χ2n) is 5.33. The van der Waals surface area contributed by atoms with Crippen LogP contribution >= 0.6 is 0 Å². The lowest BCUT2D eigenvalue weighted by Crippen LogP contribution is -2.38. The summed E-state index contributed by atoms with van der Waals surface area (Å²) in [5, 5.41) is 15.1. The fraction of sp³-hybridized carbons (Fsp3) is 0.400. The highest BCUT2D eigenvalue weighted by molar-refractivity contribution is 5.32. The molecular formula is C15H18N2O. The Morgan fingerprint density at radius 2 is 2.06 bits per heavy atom. The minimum atomic E-state index is -0.636. The van der Waals surface area contributed by atoms with E-state index in [1.54, 1.807) is 4.68 Å². The number of fused-ring (bicyclic) bond motifs is 1. The van der Waals surface area contributed by atoms with Crippen LogP contribution < -0.4 is 0 Å². The van der Waals surface area contributed by atoms with Gasteiger partial charge >= 0.3 is 0 Å². The van der Waals surface area contributed by atoms with Gasteiger partial charge in [-0.25, -0.2) is 0 Å². The Kier molecular flexibility index (Phi) is 2.71. The monoisotopic (exact) mass is 242 g/mol. The number of rotatable bonds is 2. The molecule has 0 bridgehead atoms. The molecule has 2 aromatic rings. The predicted octanol–water partition coefficient (Wildman–Crippen LogP) is 1.88. The summed E-state index contributed by atoms with van der Waals surface area (Å²) < 4.78 is 1.79. The van der Waals surface area contributed by atoms with Crippen molar-refractivity contribution < 1.29 is 5.11 Å². The van der Waals surface area contributed by atoms with Gasteiger partial charge in [0.15, 0.2) is 0 Å². The van der Waals surface area contributed by atoms with Gasteiger partial charge in [-0.3, -0.25) is 4.68 Å². The van der Waals surface area contributed by atoms with Gasteiger partial charge < -0.3 is 5.11 Å². The zero-order valence-corrected chi connectivity index (χ0v) is 10.6. The van der Waals surface area contributed by atoms with E-state index in [4.69, 9.17) is 0 Å². The SMILES string of the molecule is Cn1ccc(CC2(O)CCc3ccccc3C2)n1. The van der Waals surface area contributed by atoms with E-state index in [2.05, 4.69) is 23.3 Å². The first kappa shape index (κ1) is 11.5. The molecule has 3 rings (SSSR count). The molecule has 0 fully saturated rings. The summed E-state index contributed by atoms with van der Waals surface area (Å²) in [6.07, 6.45) is 5.08. The summed E-state index contributed by atoms with van der Waals surface area (Å²) in [7, 11) is 1.91. The van der Waals surface area contributed by atoms with Crippen LogP contribution in [0.2, 0.25) is 0 Å². The zero-order valence-electron chi connectivity index (χ0n) is 10.6. The van der Waals surface area contributed by atoms with E-state index >= 15 is 0 Å². The summed E-state index contributed by atoms with van der Waals surface area (Å²) in [6, 6.07) is 10.4. The molecule has 18 heavy (non-hydrogen) atoms. The Hall–Kier alpha value is -1.61. The highest BCUT2D eigenvalue weighted by Crippen LogP contribution is 2.30. The van der Waals surface area contributed by atoms with E-state index in [-0.39, 0.29) is 0 Å². The first-order chi connectivity index (χ1) is 8.65. The molecule has 0 saturated carbocycles. The fourth-order valence-corrected chi connectivity index (χ4v) is 2.83. The van der Waals surface area contributed by atoms with Crippen LogP contribution in [0.25, 0.3) is 0 Å². The molecule has 3 nitrogen and oxygen atoms in total. The van der Waals surface area contributed by atoms with E-state index in [0.717, 1.165) is 25.0 Å². The number of aryl methyl sites for hydroxylation is 2. The van der Waals surface area contributed by atoms with Gasteiger partial charge in [-0.1, -0.05) is 24.3 Å². The van der Waals surface area contributed by atoms with E-state index in [1.807, 2.05) is 25.4 Å². The molecule has 1 heterocycles. The Labute approximate surface area is 107 Å². The van der Waals surface area contributed by atoms with Crippen molar-refractivity contribution in [2.45, 2.75) is 31.3 Å². The lowest BCUT2D eigenvalue weighted by molar-refractivity contribution is 0.0257. The molecule has 0 spiro atoms. The van der Waals surface area contributed by atoms with Crippen molar-refractivity contribution in [2.24, 2.45) is 7.05 Å². The highest BCUT2D eigenvalue weighted by Gasteiger charge is 2.32. The Morgan fingerprint density at radius 1 is 1.28 bits per heavy atom. The maximum atomic E-state index is 10.7. The van der Waals surface area contributed by atoms with Crippen molar-refractivity contribution in [3.63, 3.8) is 0 Å². The van der Waals surface area contributed by atoms with Crippen molar-refractivity contribution in [2.75, 3.05) is 0 Å². The van der Waals surface area contributed by atoms with E-state index in [0.29, 0.717) is 6.42 Å². The van der Waals surface area contributed by atoms with Crippen LogP contribution in [0.4, 0.5) is 0 Å². The molecule has 0 aliphatic heterocycles. The summed E-state index contributed by atoms with van der Waals surface area (Å²) in [5.41, 5.74) is 2.99. The minimum Gasteiger partial charge on any atom is -0.389 e. The van der Waals surface area contributed by atoms with E-state index in [1.165, 1.54) is 11.1 Å². The maximum absolute atomic E-state index is 10.7. The maximum Gasteiger partial charge on any atom is 0.0747 e. The summed E-state index contributed by atoms with van der Waals surface area (Å²) >= 11 is 0. The molecule has 1 unspecified atom stereocenters. The molecule has 1 aromatic carbocycles. The number of hydrogen-bond donors (Lipinski definition) is 1. The Balaban J connectivity index is 1.81. The van der Waals surface area contributed by atoms with E-state index in [9.17, 15) is 5.11 Å². The van der Waals surface area contributed by atoms with Crippen molar-refractivity contribution >= 4 is 0 Å². The molecule has 1 aliphatic rings. The molecule has 1 N–H and O–H groups in total. The molecule has 1 aliphatic carbocycles. The summed E-state index contributed by atoms with van der Waals surface area (Å²) in [6.45, 7) is 0. The van der Waals surface area contributed by atoms with E-state index < -0.39 is 5.60 Å². The number of aromatic nitrogens is 2. The average molecular weight is 242 g/mol. The second kappa shape index (κ2) is 4.25. The Morgan fingerprint density at radius 3 is 2.78 bits per heavy atom. The first-order valence-electron chi connectivity index (χ1n) is 6.42. The largest absolute Gasteiger partial charge is 0.389 e. The summed E-state index contributed by atoms with van der Waals surface area (Å²) in [4.78, 5) is 0. The highest BCUT2D eigenvalue weighted by atomic mass is 16.3.